The lowest BCUT2D eigenvalue weighted by Crippen LogP contribution is -2.34. The van der Waals surface area contributed by atoms with E-state index in [1.165, 1.54) is 6.07 Å². The molecule has 1 atom stereocenters. The van der Waals surface area contributed by atoms with Gasteiger partial charge in [0, 0.05) is 42.7 Å². The van der Waals surface area contributed by atoms with Gasteiger partial charge in [-0.2, -0.15) is 0 Å². The van der Waals surface area contributed by atoms with Gasteiger partial charge in [0.1, 0.15) is 17.5 Å². The highest BCUT2D eigenvalue weighted by atomic mass is 19.1. The average Bonchev–Trinajstić information content (AvgIpc) is 2.71. The fourth-order valence-corrected chi connectivity index (χ4v) is 3.55. The minimum absolute atomic E-state index is 0.132. The van der Waals surface area contributed by atoms with Gasteiger partial charge in [-0.3, -0.25) is 9.88 Å². The van der Waals surface area contributed by atoms with E-state index in [1.54, 1.807) is 24.7 Å². The third-order valence-corrected chi connectivity index (χ3v) is 4.87. The normalized spacial score (nSPS) is 17.6. The smallest absolute Gasteiger partial charge is 0.150 e. The van der Waals surface area contributed by atoms with Crippen LogP contribution in [-0.2, 0) is 6.54 Å². The second-order valence-electron chi connectivity index (χ2n) is 6.83. The molecule has 1 aliphatic heterocycles. The van der Waals surface area contributed by atoms with E-state index >= 15 is 0 Å². The summed E-state index contributed by atoms with van der Waals surface area (Å²) in [6.45, 7) is 2.51. The number of hydrogen-bond donors (Lipinski definition) is 1. The quantitative estimate of drug-likeness (QED) is 0.738. The van der Waals surface area contributed by atoms with Gasteiger partial charge < -0.3 is 5.32 Å². The highest BCUT2D eigenvalue weighted by Gasteiger charge is 2.23. The first-order valence-electron chi connectivity index (χ1n) is 9.24. The van der Waals surface area contributed by atoms with Crippen LogP contribution in [0.3, 0.4) is 0 Å². The summed E-state index contributed by atoms with van der Waals surface area (Å²) in [5.41, 5.74) is 1.81. The molecule has 4 rings (SSSR count). The molecular weight excluding hydrogens is 341 g/mol. The summed E-state index contributed by atoms with van der Waals surface area (Å²) >= 11 is 0. The van der Waals surface area contributed by atoms with Crippen LogP contribution in [0.4, 0.5) is 16.0 Å². The Morgan fingerprint density at radius 3 is 2.85 bits per heavy atom. The third-order valence-electron chi connectivity index (χ3n) is 4.87. The maximum Gasteiger partial charge on any atom is 0.150 e. The lowest BCUT2D eigenvalue weighted by molar-refractivity contribution is 0.196. The zero-order valence-electron chi connectivity index (χ0n) is 15.1. The van der Waals surface area contributed by atoms with Crippen LogP contribution >= 0.6 is 0 Å². The number of rotatable bonds is 5. The van der Waals surface area contributed by atoms with Crippen molar-refractivity contribution < 1.29 is 4.39 Å². The predicted molar refractivity (Wildman–Crippen MR) is 103 cm³/mol. The van der Waals surface area contributed by atoms with Crippen LogP contribution in [0.25, 0.3) is 0 Å². The largest absolute Gasteiger partial charge is 0.324 e. The van der Waals surface area contributed by atoms with Crippen molar-refractivity contribution in [2.75, 3.05) is 18.4 Å². The topological polar surface area (TPSA) is 53.9 Å². The molecule has 0 radical (unpaired) electrons. The van der Waals surface area contributed by atoms with Crippen molar-refractivity contribution >= 4 is 11.6 Å². The van der Waals surface area contributed by atoms with Gasteiger partial charge in [0.25, 0.3) is 0 Å². The number of halogens is 1. The Morgan fingerprint density at radius 1 is 1.07 bits per heavy atom. The summed E-state index contributed by atoms with van der Waals surface area (Å²) in [7, 11) is 0. The summed E-state index contributed by atoms with van der Waals surface area (Å²) < 4.78 is 14.0. The predicted octanol–water partition coefficient (Wildman–Crippen LogP) is 4.13. The van der Waals surface area contributed by atoms with Crippen LogP contribution in [-0.4, -0.2) is 32.9 Å². The van der Waals surface area contributed by atoms with E-state index in [2.05, 4.69) is 26.3 Å². The molecule has 138 valence electrons. The van der Waals surface area contributed by atoms with Gasteiger partial charge in [-0.1, -0.05) is 24.3 Å². The Bertz CT molecular complexity index is 887. The first kappa shape index (κ1) is 17.5. The van der Waals surface area contributed by atoms with Crippen molar-refractivity contribution in [1.82, 2.24) is 19.9 Å². The van der Waals surface area contributed by atoms with Gasteiger partial charge in [0.15, 0.2) is 0 Å². The highest BCUT2D eigenvalue weighted by molar-refractivity contribution is 5.50. The monoisotopic (exact) mass is 363 g/mol. The molecule has 0 saturated carbocycles. The summed E-state index contributed by atoms with van der Waals surface area (Å²) in [4.78, 5) is 15.4. The second kappa shape index (κ2) is 8.22. The van der Waals surface area contributed by atoms with E-state index in [4.69, 9.17) is 4.98 Å². The van der Waals surface area contributed by atoms with Gasteiger partial charge in [0.05, 0.1) is 6.20 Å². The summed E-state index contributed by atoms with van der Waals surface area (Å²) in [5.74, 6) is 1.65. The number of piperidine rings is 1. The molecule has 6 heteroatoms. The van der Waals surface area contributed by atoms with Crippen LogP contribution in [0, 0.1) is 5.82 Å². The molecule has 1 N–H and O–H groups in total. The van der Waals surface area contributed by atoms with Crippen LogP contribution < -0.4 is 5.32 Å². The molecule has 0 aliphatic carbocycles. The molecular formula is C21H22FN5. The Balaban J connectivity index is 1.45. The summed E-state index contributed by atoms with van der Waals surface area (Å²) in [6.07, 6.45) is 7.14. The highest BCUT2D eigenvalue weighted by Crippen LogP contribution is 2.28. The number of anilines is 2. The van der Waals surface area contributed by atoms with Gasteiger partial charge >= 0.3 is 0 Å². The Kier molecular flexibility index (Phi) is 5.34. The molecule has 1 fully saturated rings. The maximum atomic E-state index is 14.0. The molecule has 27 heavy (non-hydrogen) atoms. The number of nitrogens with one attached hydrogen (secondary N) is 1. The van der Waals surface area contributed by atoms with Crippen molar-refractivity contribution in [3.8, 4) is 0 Å². The number of nitrogens with zero attached hydrogens (tertiary/aromatic N) is 4. The molecule has 3 aromatic rings. The van der Waals surface area contributed by atoms with Crippen molar-refractivity contribution in [3.05, 3.63) is 78.1 Å². The molecule has 5 nitrogen and oxygen atoms in total. The zero-order valence-corrected chi connectivity index (χ0v) is 15.1. The fourth-order valence-electron chi connectivity index (χ4n) is 3.55. The van der Waals surface area contributed by atoms with E-state index in [9.17, 15) is 4.39 Å². The SMILES string of the molecule is Fc1ccccc1CN1CCC[C@H](c2cccc(Nc3cnccn3)n2)C1. The molecule has 0 spiro atoms. The lowest BCUT2D eigenvalue weighted by Gasteiger charge is -2.32. The maximum absolute atomic E-state index is 14.0. The van der Waals surface area contributed by atoms with E-state index in [-0.39, 0.29) is 5.82 Å². The Morgan fingerprint density at radius 2 is 2.00 bits per heavy atom. The number of benzene rings is 1. The first-order valence-corrected chi connectivity index (χ1v) is 9.24. The minimum Gasteiger partial charge on any atom is -0.324 e. The molecule has 1 aliphatic rings. The number of pyridine rings is 1. The van der Waals surface area contributed by atoms with Crippen molar-refractivity contribution in [2.45, 2.75) is 25.3 Å². The van der Waals surface area contributed by atoms with Gasteiger partial charge in [-0.25, -0.2) is 14.4 Å². The van der Waals surface area contributed by atoms with Crippen LogP contribution in [0.15, 0.2) is 61.1 Å². The summed E-state index contributed by atoms with van der Waals surface area (Å²) in [5, 5.41) is 3.19. The number of aromatic nitrogens is 3. The van der Waals surface area contributed by atoms with E-state index < -0.39 is 0 Å². The standard InChI is InChI=1S/C21H22FN5/c22-18-7-2-1-5-16(18)14-27-12-4-6-17(15-27)19-8-3-9-20(25-19)26-21-13-23-10-11-24-21/h1-3,5,7-11,13,17H,4,6,12,14-15H2,(H,24,25,26)/t17-/m0/s1. The van der Waals surface area contributed by atoms with E-state index in [1.807, 2.05) is 24.3 Å². The van der Waals surface area contributed by atoms with Gasteiger partial charge in [-0.05, 0) is 37.6 Å². The van der Waals surface area contributed by atoms with Crippen LogP contribution in [0.2, 0.25) is 0 Å². The molecule has 0 bridgehead atoms. The van der Waals surface area contributed by atoms with Crippen molar-refractivity contribution in [3.63, 3.8) is 0 Å². The number of hydrogen-bond acceptors (Lipinski definition) is 5. The van der Waals surface area contributed by atoms with Crippen LogP contribution in [0.5, 0.6) is 0 Å². The van der Waals surface area contributed by atoms with E-state index in [0.29, 0.717) is 18.3 Å². The number of likely N-dealkylation sites (tertiary alicyclic amines) is 1. The molecule has 1 aromatic carbocycles. The van der Waals surface area contributed by atoms with Crippen LogP contribution in [0.1, 0.15) is 30.0 Å². The fraction of sp³-hybridized carbons (Fsp3) is 0.286. The molecule has 0 amide bonds. The molecule has 2 aromatic heterocycles. The van der Waals surface area contributed by atoms with E-state index in [0.717, 1.165) is 43.0 Å². The first-order chi connectivity index (χ1) is 13.3. The van der Waals surface area contributed by atoms with Gasteiger partial charge in [0.2, 0.25) is 0 Å². The van der Waals surface area contributed by atoms with Gasteiger partial charge in [-0.15, -0.1) is 0 Å². The summed E-state index contributed by atoms with van der Waals surface area (Å²) in [6, 6.07) is 13.0. The van der Waals surface area contributed by atoms with Crippen molar-refractivity contribution in [1.29, 1.82) is 0 Å². The Hall–Kier alpha value is -2.86. The minimum atomic E-state index is -0.132. The average molecular weight is 363 g/mol. The third kappa shape index (κ3) is 4.46. The lowest BCUT2D eigenvalue weighted by atomic mass is 9.94. The molecule has 1 saturated heterocycles. The van der Waals surface area contributed by atoms with Crippen molar-refractivity contribution in [2.24, 2.45) is 0 Å². The second-order valence-corrected chi connectivity index (χ2v) is 6.83. The zero-order chi connectivity index (χ0) is 18.5. The Labute approximate surface area is 158 Å². The molecule has 0 unspecified atom stereocenters. The molecule has 3 heterocycles.